The van der Waals surface area contributed by atoms with Crippen molar-refractivity contribution in [2.24, 2.45) is 18.1 Å². The highest BCUT2D eigenvalue weighted by atomic mass is 16.7. The van der Waals surface area contributed by atoms with Crippen LogP contribution in [0, 0.1) is 19.8 Å². The van der Waals surface area contributed by atoms with Gasteiger partial charge in [0.05, 0.1) is 5.71 Å². The first-order valence-electron chi connectivity index (χ1n) is 11.3. The Balaban J connectivity index is 0.000000318. The largest absolute Gasteiger partial charge is 0.347 e. The second-order valence-electron chi connectivity index (χ2n) is 8.47. The molecule has 0 saturated heterocycles. The van der Waals surface area contributed by atoms with E-state index in [-0.39, 0.29) is 5.92 Å². The summed E-state index contributed by atoms with van der Waals surface area (Å²) in [6.07, 6.45) is 5.72. The minimum Gasteiger partial charge on any atom is -0.347 e. The number of carbonyl (C=O) groups excluding carboxylic acids is 1. The van der Waals surface area contributed by atoms with Crippen molar-refractivity contribution in [2.45, 2.75) is 40.2 Å². The number of rotatable bonds is 3. The molecule has 0 saturated carbocycles. The van der Waals surface area contributed by atoms with Crippen molar-refractivity contribution in [3.63, 3.8) is 0 Å². The number of para-hydroxylation sites is 1. The number of benzene rings is 2. The summed E-state index contributed by atoms with van der Waals surface area (Å²) in [4.78, 5) is 20.8. The molecule has 170 valence electrons. The van der Waals surface area contributed by atoms with E-state index in [1.54, 1.807) is 0 Å². The number of imidazole rings is 1. The summed E-state index contributed by atoms with van der Waals surface area (Å²) in [6.45, 7) is 6.23. The van der Waals surface area contributed by atoms with E-state index in [2.05, 4.69) is 57.5 Å². The Labute approximate surface area is 194 Å². The smallest absolute Gasteiger partial charge is 0.331 e. The van der Waals surface area contributed by atoms with E-state index in [9.17, 15) is 4.79 Å². The highest BCUT2D eigenvalue weighted by Gasteiger charge is 2.31. The van der Waals surface area contributed by atoms with Crippen LogP contribution in [0.25, 0.3) is 10.9 Å². The predicted molar refractivity (Wildman–Crippen MR) is 131 cm³/mol. The molecular weight excluding hydrogens is 412 g/mol. The van der Waals surface area contributed by atoms with Crippen LogP contribution in [-0.2, 0) is 29.6 Å². The second kappa shape index (κ2) is 9.86. The number of hydrogen-bond donors (Lipinski definition) is 0. The van der Waals surface area contributed by atoms with Gasteiger partial charge in [-0.15, -0.1) is 0 Å². The van der Waals surface area contributed by atoms with Crippen LogP contribution in [-0.4, -0.2) is 25.8 Å². The number of hydrogen-bond acceptors (Lipinski definition) is 4. The van der Waals surface area contributed by atoms with E-state index in [1.165, 1.54) is 23.7 Å². The predicted octanol–water partition coefficient (Wildman–Crippen LogP) is 5.21. The Morgan fingerprint density at radius 2 is 1.85 bits per heavy atom. The van der Waals surface area contributed by atoms with Crippen molar-refractivity contribution in [1.29, 1.82) is 0 Å². The molecule has 0 fully saturated rings. The summed E-state index contributed by atoms with van der Waals surface area (Å²) >= 11 is 0. The average Bonchev–Trinajstić information content (AvgIpc) is 3.35. The van der Waals surface area contributed by atoms with E-state index in [0.717, 1.165) is 41.9 Å². The summed E-state index contributed by atoms with van der Waals surface area (Å²) in [7, 11) is 2.09. The van der Waals surface area contributed by atoms with Gasteiger partial charge in [0.25, 0.3) is 0 Å². The molecule has 2 aromatic carbocycles. The quantitative estimate of drug-likeness (QED) is 0.323. The molecule has 6 nitrogen and oxygen atoms in total. The summed E-state index contributed by atoms with van der Waals surface area (Å²) in [5.74, 6) is 0.739. The van der Waals surface area contributed by atoms with Gasteiger partial charge in [0.15, 0.2) is 0 Å². The standard InChI is InChI=1S/C20H22N4O2.C7H8/c1-13-21-10-11-24(13)12-15-8-9-18-19(20(15)22-26-14(2)25)16-6-4-5-7-17(16)23(18)3;1-7-5-3-2-4-6-7/h4-7,10-11,15H,8-9,12H2,1-3H3;2-6H,1H3. The number of nitrogens with zero attached hydrogens (tertiary/aromatic N) is 4. The van der Waals surface area contributed by atoms with Gasteiger partial charge in [0.1, 0.15) is 5.82 Å². The summed E-state index contributed by atoms with van der Waals surface area (Å²) < 4.78 is 4.36. The topological polar surface area (TPSA) is 61.4 Å². The third kappa shape index (κ3) is 4.90. The van der Waals surface area contributed by atoms with Crippen molar-refractivity contribution in [3.8, 4) is 0 Å². The van der Waals surface area contributed by atoms with Crippen molar-refractivity contribution in [2.75, 3.05) is 0 Å². The molecule has 6 heteroatoms. The Hall–Kier alpha value is -3.67. The van der Waals surface area contributed by atoms with Crippen molar-refractivity contribution in [1.82, 2.24) is 14.1 Å². The first-order valence-corrected chi connectivity index (χ1v) is 11.3. The fraction of sp³-hybridized carbons (Fsp3) is 0.296. The molecule has 1 aliphatic carbocycles. The lowest BCUT2D eigenvalue weighted by Gasteiger charge is -2.25. The Kier molecular flexibility index (Phi) is 6.73. The molecule has 5 rings (SSSR count). The van der Waals surface area contributed by atoms with Crippen LogP contribution < -0.4 is 0 Å². The van der Waals surface area contributed by atoms with Gasteiger partial charge in [-0.1, -0.05) is 59.3 Å². The molecule has 33 heavy (non-hydrogen) atoms. The third-order valence-corrected chi connectivity index (χ3v) is 6.15. The third-order valence-electron chi connectivity index (χ3n) is 6.15. The zero-order valence-corrected chi connectivity index (χ0v) is 19.7. The molecule has 0 amide bonds. The molecule has 1 aliphatic rings. The van der Waals surface area contributed by atoms with Crippen LogP contribution in [0.1, 0.15) is 36.0 Å². The van der Waals surface area contributed by atoms with Crippen LogP contribution >= 0.6 is 0 Å². The lowest BCUT2D eigenvalue weighted by atomic mass is 9.84. The van der Waals surface area contributed by atoms with Gasteiger partial charge in [0.2, 0.25) is 0 Å². The first kappa shape index (κ1) is 22.5. The number of carbonyl (C=O) groups is 1. The maximum atomic E-state index is 11.4. The SMILES string of the molecule is CC(=O)ON=C1c2c(n(C)c3ccccc23)CCC1Cn1ccnc1C.Cc1ccccc1. The zero-order chi connectivity index (χ0) is 23.4. The number of aryl methyl sites for hydroxylation is 3. The molecule has 1 atom stereocenters. The van der Waals surface area contributed by atoms with Gasteiger partial charge in [0, 0.05) is 61.0 Å². The van der Waals surface area contributed by atoms with Crippen LogP contribution in [0.3, 0.4) is 0 Å². The molecular formula is C27H30N4O2. The molecule has 0 N–H and O–H groups in total. The lowest BCUT2D eigenvalue weighted by molar-refractivity contribution is -0.141. The van der Waals surface area contributed by atoms with E-state index >= 15 is 0 Å². The summed E-state index contributed by atoms with van der Waals surface area (Å²) in [5, 5.41) is 5.45. The fourth-order valence-electron chi connectivity index (χ4n) is 4.46. The van der Waals surface area contributed by atoms with Crippen LogP contribution in [0.5, 0.6) is 0 Å². The van der Waals surface area contributed by atoms with Crippen molar-refractivity contribution in [3.05, 3.63) is 89.6 Å². The maximum absolute atomic E-state index is 11.4. The number of oxime groups is 1. The zero-order valence-electron chi connectivity index (χ0n) is 19.7. The van der Waals surface area contributed by atoms with E-state index in [0.29, 0.717) is 0 Å². The second-order valence-corrected chi connectivity index (χ2v) is 8.47. The van der Waals surface area contributed by atoms with Gasteiger partial charge in [-0.3, -0.25) is 0 Å². The Morgan fingerprint density at radius 3 is 2.48 bits per heavy atom. The van der Waals surface area contributed by atoms with E-state index in [4.69, 9.17) is 4.84 Å². The molecule has 0 radical (unpaired) electrons. The van der Waals surface area contributed by atoms with Crippen molar-refractivity contribution >= 4 is 22.6 Å². The Bertz CT molecular complexity index is 1280. The normalized spacial score (nSPS) is 16.2. The highest BCUT2D eigenvalue weighted by molar-refractivity contribution is 6.14. The van der Waals surface area contributed by atoms with Gasteiger partial charge >= 0.3 is 5.97 Å². The fourth-order valence-corrected chi connectivity index (χ4v) is 4.46. The van der Waals surface area contributed by atoms with Gasteiger partial charge in [-0.25, -0.2) is 9.78 Å². The van der Waals surface area contributed by atoms with Crippen LogP contribution in [0.4, 0.5) is 0 Å². The molecule has 2 aromatic heterocycles. The van der Waals surface area contributed by atoms with E-state index in [1.807, 2.05) is 49.6 Å². The maximum Gasteiger partial charge on any atom is 0.331 e. The monoisotopic (exact) mass is 442 g/mol. The van der Waals surface area contributed by atoms with Crippen molar-refractivity contribution < 1.29 is 9.63 Å². The summed E-state index contributed by atoms with van der Waals surface area (Å²) in [6, 6.07) is 18.6. The molecule has 0 spiro atoms. The van der Waals surface area contributed by atoms with Crippen LogP contribution in [0.15, 0.2) is 72.1 Å². The summed E-state index contributed by atoms with van der Waals surface area (Å²) in [5.41, 5.74) is 5.70. The van der Waals surface area contributed by atoms with Gasteiger partial charge in [-0.2, -0.15) is 0 Å². The number of fused-ring (bicyclic) bond motifs is 3. The van der Waals surface area contributed by atoms with Crippen LogP contribution in [0.2, 0.25) is 0 Å². The van der Waals surface area contributed by atoms with Gasteiger partial charge < -0.3 is 14.0 Å². The minimum absolute atomic E-state index is 0.167. The van der Waals surface area contributed by atoms with Gasteiger partial charge in [-0.05, 0) is 32.8 Å². The number of aromatic nitrogens is 3. The molecule has 4 aromatic rings. The highest BCUT2D eigenvalue weighted by Crippen LogP contribution is 2.35. The molecule has 2 heterocycles. The van der Waals surface area contributed by atoms with E-state index < -0.39 is 5.97 Å². The lowest BCUT2D eigenvalue weighted by Crippen LogP contribution is -2.28. The first-order chi connectivity index (χ1) is 16.0. The average molecular weight is 443 g/mol. The molecule has 0 aliphatic heterocycles. The molecule has 1 unspecified atom stereocenters. The molecule has 0 bridgehead atoms. The minimum atomic E-state index is -0.401. The Morgan fingerprint density at radius 1 is 1.12 bits per heavy atom.